The van der Waals surface area contributed by atoms with Crippen LogP contribution in [0.3, 0.4) is 0 Å². The number of hydrogen-bond acceptors (Lipinski definition) is 4. The van der Waals surface area contributed by atoms with Crippen molar-refractivity contribution in [3.05, 3.63) is 69.7 Å². The molecule has 3 rings (SSSR count). The van der Waals surface area contributed by atoms with Crippen LogP contribution in [0.4, 0.5) is 5.69 Å². The van der Waals surface area contributed by atoms with Gasteiger partial charge in [0.2, 0.25) is 0 Å². The number of amides is 1. The first kappa shape index (κ1) is 20.3. The van der Waals surface area contributed by atoms with Gasteiger partial charge in [0.15, 0.2) is 13.2 Å². The van der Waals surface area contributed by atoms with Gasteiger partial charge in [0, 0.05) is 17.1 Å². The summed E-state index contributed by atoms with van der Waals surface area (Å²) in [5.41, 5.74) is 0.637. The molecule has 0 aromatic heterocycles. The van der Waals surface area contributed by atoms with E-state index in [0.29, 0.717) is 5.69 Å². The molecule has 0 unspecified atom stereocenters. The molecule has 0 saturated carbocycles. The zero-order valence-corrected chi connectivity index (χ0v) is 16.6. The number of hydrogen-bond donors (Lipinski definition) is 1. The Bertz CT molecular complexity index is 1030. The number of esters is 1. The highest BCUT2D eigenvalue weighted by molar-refractivity contribution is 6.43. The van der Waals surface area contributed by atoms with E-state index in [4.69, 9.17) is 44.3 Å². The second-order valence-corrected chi connectivity index (χ2v) is 6.94. The summed E-state index contributed by atoms with van der Waals surface area (Å²) >= 11 is 17.7. The minimum absolute atomic E-state index is 0.188. The Morgan fingerprint density at radius 3 is 2.39 bits per heavy atom. The van der Waals surface area contributed by atoms with Gasteiger partial charge in [-0.2, -0.15) is 0 Å². The van der Waals surface area contributed by atoms with Crippen molar-refractivity contribution in [3.8, 4) is 5.75 Å². The fourth-order valence-electron chi connectivity index (χ4n) is 2.46. The number of halogens is 3. The summed E-state index contributed by atoms with van der Waals surface area (Å²) in [5.74, 6) is -0.999. The molecule has 0 atom stereocenters. The molecule has 3 aromatic rings. The Hall–Kier alpha value is -2.47. The zero-order chi connectivity index (χ0) is 20.1. The van der Waals surface area contributed by atoms with Crippen molar-refractivity contribution in [2.75, 3.05) is 18.5 Å². The summed E-state index contributed by atoms with van der Waals surface area (Å²) in [7, 11) is 0. The number of rotatable bonds is 6. The molecule has 1 N–H and O–H groups in total. The SMILES string of the molecule is O=C(COC(=O)COc1cc(Cl)c(Cl)cc1Cl)Nc1cccc2ccccc12. The standard InChI is InChI=1S/C20H14Cl3NO4/c21-14-8-16(23)18(9-15(14)22)27-11-20(26)28-10-19(25)24-17-7-3-5-12-4-1-2-6-13(12)17/h1-9H,10-11H2,(H,24,25). The van der Waals surface area contributed by atoms with Crippen LogP contribution in [0.15, 0.2) is 54.6 Å². The normalized spacial score (nSPS) is 10.5. The van der Waals surface area contributed by atoms with E-state index >= 15 is 0 Å². The lowest BCUT2D eigenvalue weighted by atomic mass is 10.1. The molecule has 3 aromatic carbocycles. The van der Waals surface area contributed by atoms with Crippen LogP contribution in [-0.4, -0.2) is 25.1 Å². The molecular weight excluding hydrogens is 425 g/mol. The third-order valence-electron chi connectivity index (χ3n) is 3.75. The summed E-state index contributed by atoms with van der Waals surface area (Å²) in [5, 5.41) is 5.32. The molecule has 0 spiro atoms. The molecule has 0 aliphatic heterocycles. The monoisotopic (exact) mass is 437 g/mol. The van der Waals surface area contributed by atoms with Crippen LogP contribution in [0.5, 0.6) is 5.75 Å². The van der Waals surface area contributed by atoms with Crippen molar-refractivity contribution >= 4 is 63.1 Å². The molecule has 0 heterocycles. The topological polar surface area (TPSA) is 64.6 Å². The van der Waals surface area contributed by atoms with E-state index in [9.17, 15) is 9.59 Å². The van der Waals surface area contributed by atoms with Gasteiger partial charge in [-0.25, -0.2) is 4.79 Å². The summed E-state index contributed by atoms with van der Waals surface area (Å²) in [6.45, 7) is -0.875. The van der Waals surface area contributed by atoms with Crippen LogP contribution in [-0.2, 0) is 14.3 Å². The molecule has 0 radical (unpaired) electrons. The molecule has 28 heavy (non-hydrogen) atoms. The van der Waals surface area contributed by atoms with E-state index in [-0.39, 0.29) is 20.8 Å². The van der Waals surface area contributed by atoms with Gasteiger partial charge in [0.25, 0.3) is 5.91 Å². The molecule has 5 nitrogen and oxygen atoms in total. The maximum absolute atomic E-state index is 12.1. The van der Waals surface area contributed by atoms with Crippen LogP contribution in [0, 0.1) is 0 Å². The van der Waals surface area contributed by atoms with E-state index < -0.39 is 25.1 Å². The molecule has 0 fully saturated rings. The van der Waals surface area contributed by atoms with Crippen molar-refractivity contribution in [1.29, 1.82) is 0 Å². The molecule has 8 heteroatoms. The van der Waals surface area contributed by atoms with Gasteiger partial charge in [0.1, 0.15) is 5.75 Å². The fourth-order valence-corrected chi connectivity index (χ4v) is 3.05. The van der Waals surface area contributed by atoms with Gasteiger partial charge >= 0.3 is 5.97 Å². The lowest BCUT2D eigenvalue weighted by Gasteiger charge is -2.10. The van der Waals surface area contributed by atoms with Crippen molar-refractivity contribution in [1.82, 2.24) is 0 Å². The number of nitrogens with one attached hydrogen (secondary N) is 1. The summed E-state index contributed by atoms with van der Waals surface area (Å²) in [6.07, 6.45) is 0. The smallest absolute Gasteiger partial charge is 0.344 e. The minimum atomic E-state index is -0.727. The average molecular weight is 439 g/mol. The number of anilines is 1. The van der Waals surface area contributed by atoms with Gasteiger partial charge in [-0.05, 0) is 17.5 Å². The van der Waals surface area contributed by atoms with Crippen LogP contribution >= 0.6 is 34.8 Å². The lowest BCUT2D eigenvalue weighted by molar-refractivity contribution is -0.149. The Morgan fingerprint density at radius 1 is 0.857 bits per heavy atom. The van der Waals surface area contributed by atoms with E-state index in [2.05, 4.69) is 5.32 Å². The second kappa shape index (κ2) is 9.15. The number of carbonyl (C=O) groups is 2. The minimum Gasteiger partial charge on any atom is -0.480 e. The number of ether oxygens (including phenoxy) is 2. The predicted octanol–water partition coefficient (Wildman–Crippen LogP) is 5.36. The van der Waals surface area contributed by atoms with E-state index in [1.807, 2.05) is 36.4 Å². The number of benzene rings is 3. The summed E-state index contributed by atoms with van der Waals surface area (Å²) in [4.78, 5) is 23.9. The quantitative estimate of drug-likeness (QED) is 0.415. The first-order valence-electron chi connectivity index (χ1n) is 8.14. The Kier molecular flexibility index (Phi) is 6.62. The third kappa shape index (κ3) is 5.07. The average Bonchev–Trinajstić information content (AvgIpc) is 2.68. The van der Waals surface area contributed by atoms with Gasteiger partial charge in [0.05, 0.1) is 15.1 Å². The molecule has 0 bridgehead atoms. The zero-order valence-electron chi connectivity index (χ0n) is 14.4. The van der Waals surface area contributed by atoms with Crippen LogP contribution in [0.2, 0.25) is 15.1 Å². The van der Waals surface area contributed by atoms with Gasteiger partial charge in [-0.1, -0.05) is 71.2 Å². The van der Waals surface area contributed by atoms with E-state index in [0.717, 1.165) is 10.8 Å². The Morgan fingerprint density at radius 2 is 1.57 bits per heavy atom. The highest BCUT2D eigenvalue weighted by atomic mass is 35.5. The van der Waals surface area contributed by atoms with Crippen molar-refractivity contribution < 1.29 is 19.1 Å². The molecular formula is C20H14Cl3NO4. The summed E-state index contributed by atoms with van der Waals surface area (Å²) < 4.78 is 10.2. The van der Waals surface area contributed by atoms with Gasteiger partial charge in [-0.3, -0.25) is 4.79 Å². The highest BCUT2D eigenvalue weighted by Crippen LogP contribution is 2.33. The third-order valence-corrected chi connectivity index (χ3v) is 4.77. The van der Waals surface area contributed by atoms with Crippen molar-refractivity contribution in [2.24, 2.45) is 0 Å². The lowest BCUT2D eigenvalue weighted by Crippen LogP contribution is -2.23. The molecule has 0 aliphatic carbocycles. The first-order chi connectivity index (χ1) is 13.4. The van der Waals surface area contributed by atoms with Crippen molar-refractivity contribution in [2.45, 2.75) is 0 Å². The highest BCUT2D eigenvalue weighted by Gasteiger charge is 2.12. The fraction of sp³-hybridized carbons (Fsp3) is 0.100. The van der Waals surface area contributed by atoms with Gasteiger partial charge in [-0.15, -0.1) is 0 Å². The first-order valence-corrected chi connectivity index (χ1v) is 9.28. The van der Waals surface area contributed by atoms with Crippen LogP contribution < -0.4 is 10.1 Å². The molecule has 0 saturated heterocycles. The molecule has 1 amide bonds. The van der Waals surface area contributed by atoms with Crippen LogP contribution in [0.1, 0.15) is 0 Å². The van der Waals surface area contributed by atoms with Crippen LogP contribution in [0.25, 0.3) is 10.8 Å². The predicted molar refractivity (Wildman–Crippen MR) is 111 cm³/mol. The maximum atomic E-state index is 12.1. The second-order valence-electron chi connectivity index (χ2n) is 5.72. The Balaban J connectivity index is 1.52. The Labute approximate surface area is 176 Å². The van der Waals surface area contributed by atoms with E-state index in [1.54, 1.807) is 6.07 Å². The van der Waals surface area contributed by atoms with Gasteiger partial charge < -0.3 is 14.8 Å². The molecule has 144 valence electrons. The van der Waals surface area contributed by atoms with Crippen molar-refractivity contribution in [3.63, 3.8) is 0 Å². The molecule has 0 aliphatic rings. The largest absolute Gasteiger partial charge is 0.480 e. The van der Waals surface area contributed by atoms with E-state index in [1.165, 1.54) is 12.1 Å². The number of carbonyl (C=O) groups excluding carboxylic acids is 2. The summed E-state index contributed by atoms with van der Waals surface area (Å²) in [6, 6.07) is 16.0. The number of fused-ring (bicyclic) bond motifs is 1. The maximum Gasteiger partial charge on any atom is 0.344 e.